The Balaban J connectivity index is 2.25. The Bertz CT molecular complexity index is 493. The minimum atomic E-state index is 0.0325. The van der Waals surface area contributed by atoms with Gasteiger partial charge in [-0.25, -0.2) is 0 Å². The smallest absolute Gasteiger partial charge is 0.139 e. The molecular weight excluding hydrogens is 294 g/mol. The van der Waals surface area contributed by atoms with Crippen LogP contribution in [0.4, 0.5) is 0 Å². The van der Waals surface area contributed by atoms with E-state index in [-0.39, 0.29) is 6.04 Å². The van der Waals surface area contributed by atoms with Crippen LogP contribution >= 0.6 is 15.9 Å². The number of rotatable bonds is 5. The van der Waals surface area contributed by atoms with E-state index >= 15 is 0 Å². The van der Waals surface area contributed by atoms with Gasteiger partial charge in [-0.05, 0) is 53.7 Å². The molecule has 1 N–H and O–H groups in total. The zero-order valence-electron chi connectivity index (χ0n) is 10.4. The van der Waals surface area contributed by atoms with Gasteiger partial charge >= 0.3 is 0 Å². The van der Waals surface area contributed by atoms with Crippen LogP contribution in [0.25, 0.3) is 0 Å². The zero-order chi connectivity index (χ0) is 13.0. The van der Waals surface area contributed by atoms with Gasteiger partial charge in [0.15, 0.2) is 0 Å². The summed E-state index contributed by atoms with van der Waals surface area (Å²) >= 11 is 3.49. The molecule has 2 aromatic rings. The lowest BCUT2D eigenvalue weighted by Gasteiger charge is -2.15. The summed E-state index contributed by atoms with van der Waals surface area (Å²) in [6, 6.07) is 9.96. The van der Waals surface area contributed by atoms with E-state index < -0.39 is 0 Å². The summed E-state index contributed by atoms with van der Waals surface area (Å²) in [5.41, 5.74) is 1.14. The lowest BCUT2D eigenvalue weighted by atomic mass is 10.0. The molecule has 0 aliphatic rings. The van der Waals surface area contributed by atoms with E-state index in [0.717, 1.165) is 21.5 Å². The third-order valence-corrected chi connectivity index (χ3v) is 3.38. The predicted molar refractivity (Wildman–Crippen MR) is 74.9 cm³/mol. The lowest BCUT2D eigenvalue weighted by molar-refractivity contribution is 0.340. The molecule has 0 spiro atoms. The molecule has 3 nitrogen and oxygen atoms in total. The first-order valence-electron chi connectivity index (χ1n) is 5.89. The molecule has 1 heterocycles. The maximum absolute atomic E-state index is 5.51. The summed E-state index contributed by atoms with van der Waals surface area (Å²) in [5, 5.41) is 3.25. The van der Waals surface area contributed by atoms with Crippen molar-refractivity contribution in [2.75, 3.05) is 13.7 Å². The third kappa shape index (κ3) is 2.76. The molecule has 1 aromatic heterocycles. The van der Waals surface area contributed by atoms with E-state index in [1.54, 1.807) is 6.26 Å². The van der Waals surface area contributed by atoms with Crippen molar-refractivity contribution >= 4 is 15.9 Å². The normalized spacial score (nSPS) is 12.4. The predicted octanol–water partition coefficient (Wildman–Crippen LogP) is 3.75. The van der Waals surface area contributed by atoms with Crippen LogP contribution in [0.3, 0.4) is 0 Å². The van der Waals surface area contributed by atoms with E-state index in [1.165, 1.54) is 0 Å². The van der Waals surface area contributed by atoms with Gasteiger partial charge < -0.3 is 14.5 Å². The molecule has 0 aliphatic carbocycles. The molecule has 0 aliphatic heterocycles. The first-order chi connectivity index (χ1) is 8.76. The second-order valence-electron chi connectivity index (χ2n) is 3.86. The molecular formula is C14H16BrNO2. The van der Waals surface area contributed by atoms with Crippen LogP contribution in [0.15, 0.2) is 45.5 Å². The van der Waals surface area contributed by atoms with Gasteiger partial charge in [-0.15, -0.1) is 0 Å². The quantitative estimate of drug-likeness (QED) is 0.913. The molecule has 0 bridgehead atoms. The minimum Gasteiger partial charge on any atom is -0.494 e. The van der Waals surface area contributed by atoms with E-state index in [1.807, 2.05) is 44.3 Å². The summed E-state index contributed by atoms with van der Waals surface area (Å²) < 4.78 is 11.9. The van der Waals surface area contributed by atoms with Gasteiger partial charge in [-0.1, -0.05) is 12.1 Å². The van der Waals surface area contributed by atoms with E-state index in [4.69, 9.17) is 9.15 Å². The number of furan rings is 1. The van der Waals surface area contributed by atoms with Crippen LogP contribution in [0.2, 0.25) is 0 Å². The summed E-state index contributed by atoms with van der Waals surface area (Å²) in [7, 11) is 1.91. The van der Waals surface area contributed by atoms with E-state index in [0.29, 0.717) is 6.61 Å². The Morgan fingerprint density at radius 2 is 2.00 bits per heavy atom. The average Bonchev–Trinajstić information content (AvgIpc) is 2.79. The fourth-order valence-corrected chi connectivity index (χ4v) is 2.31. The van der Waals surface area contributed by atoms with Gasteiger partial charge in [0.1, 0.15) is 11.5 Å². The number of nitrogens with one attached hydrogen (secondary N) is 1. The SMILES string of the molecule is CCOc1ccc(C(NC)c2occc2Br)cc1. The Morgan fingerprint density at radius 3 is 2.50 bits per heavy atom. The highest BCUT2D eigenvalue weighted by Gasteiger charge is 2.18. The van der Waals surface area contributed by atoms with Crippen LogP contribution in [0.5, 0.6) is 5.75 Å². The molecule has 2 rings (SSSR count). The summed E-state index contributed by atoms with van der Waals surface area (Å²) in [5.74, 6) is 1.76. The molecule has 4 heteroatoms. The average molecular weight is 310 g/mol. The zero-order valence-corrected chi connectivity index (χ0v) is 12.0. The number of hydrogen-bond donors (Lipinski definition) is 1. The van der Waals surface area contributed by atoms with Gasteiger partial charge in [-0.2, -0.15) is 0 Å². The first-order valence-corrected chi connectivity index (χ1v) is 6.68. The molecule has 96 valence electrons. The standard InChI is InChI=1S/C14H16BrNO2/c1-3-17-11-6-4-10(5-7-11)13(16-2)14-12(15)8-9-18-14/h4-9,13,16H,3H2,1-2H3. The summed E-state index contributed by atoms with van der Waals surface area (Å²) in [6.45, 7) is 2.66. The van der Waals surface area contributed by atoms with Crippen molar-refractivity contribution in [3.8, 4) is 5.75 Å². The monoisotopic (exact) mass is 309 g/mol. The molecule has 0 amide bonds. The fourth-order valence-electron chi connectivity index (χ4n) is 1.88. The van der Waals surface area contributed by atoms with Crippen molar-refractivity contribution in [2.24, 2.45) is 0 Å². The maximum Gasteiger partial charge on any atom is 0.139 e. The number of benzene rings is 1. The summed E-state index contributed by atoms with van der Waals surface area (Å²) in [4.78, 5) is 0. The first kappa shape index (κ1) is 13.2. The second kappa shape index (κ2) is 6.07. The maximum atomic E-state index is 5.51. The van der Waals surface area contributed by atoms with E-state index in [2.05, 4.69) is 21.2 Å². The fraction of sp³-hybridized carbons (Fsp3) is 0.286. The molecule has 0 saturated heterocycles. The molecule has 18 heavy (non-hydrogen) atoms. The molecule has 0 fully saturated rings. The van der Waals surface area contributed by atoms with Gasteiger partial charge in [0.25, 0.3) is 0 Å². The Morgan fingerprint density at radius 1 is 1.28 bits per heavy atom. The van der Waals surface area contributed by atoms with Crippen LogP contribution in [-0.4, -0.2) is 13.7 Å². The van der Waals surface area contributed by atoms with Gasteiger partial charge in [-0.3, -0.25) is 0 Å². The van der Waals surface area contributed by atoms with Crippen molar-refractivity contribution in [1.82, 2.24) is 5.32 Å². The van der Waals surface area contributed by atoms with Gasteiger partial charge in [0.2, 0.25) is 0 Å². The highest BCUT2D eigenvalue weighted by Crippen LogP contribution is 2.30. The Hall–Kier alpha value is -1.26. The lowest BCUT2D eigenvalue weighted by Crippen LogP contribution is -2.17. The largest absolute Gasteiger partial charge is 0.494 e. The molecule has 0 radical (unpaired) electrons. The Kier molecular flexibility index (Phi) is 4.44. The van der Waals surface area contributed by atoms with Crippen LogP contribution < -0.4 is 10.1 Å². The number of ether oxygens (including phenoxy) is 1. The number of hydrogen-bond acceptors (Lipinski definition) is 3. The number of halogens is 1. The van der Waals surface area contributed by atoms with Crippen molar-refractivity contribution in [1.29, 1.82) is 0 Å². The molecule has 0 saturated carbocycles. The molecule has 1 atom stereocenters. The van der Waals surface area contributed by atoms with E-state index in [9.17, 15) is 0 Å². The van der Waals surface area contributed by atoms with Crippen molar-refractivity contribution in [2.45, 2.75) is 13.0 Å². The van der Waals surface area contributed by atoms with Crippen molar-refractivity contribution in [3.63, 3.8) is 0 Å². The van der Waals surface area contributed by atoms with Crippen molar-refractivity contribution < 1.29 is 9.15 Å². The molecule has 1 aromatic carbocycles. The third-order valence-electron chi connectivity index (χ3n) is 2.72. The second-order valence-corrected chi connectivity index (χ2v) is 4.71. The van der Waals surface area contributed by atoms with Crippen LogP contribution in [0, 0.1) is 0 Å². The van der Waals surface area contributed by atoms with Gasteiger partial charge in [0, 0.05) is 0 Å². The summed E-state index contributed by atoms with van der Waals surface area (Å²) in [6.07, 6.45) is 1.68. The van der Waals surface area contributed by atoms with Crippen molar-refractivity contribution in [3.05, 3.63) is 52.4 Å². The highest BCUT2D eigenvalue weighted by molar-refractivity contribution is 9.10. The van der Waals surface area contributed by atoms with Gasteiger partial charge in [0.05, 0.1) is 23.4 Å². The van der Waals surface area contributed by atoms with Crippen LogP contribution in [-0.2, 0) is 0 Å². The topological polar surface area (TPSA) is 34.4 Å². The van der Waals surface area contributed by atoms with Crippen LogP contribution in [0.1, 0.15) is 24.3 Å². The Labute approximate surface area is 115 Å². The molecule has 1 unspecified atom stereocenters. The highest BCUT2D eigenvalue weighted by atomic mass is 79.9. The minimum absolute atomic E-state index is 0.0325.